The van der Waals surface area contributed by atoms with Crippen LogP contribution < -0.4 is 5.73 Å². The zero-order valence-electron chi connectivity index (χ0n) is 21.1. The van der Waals surface area contributed by atoms with Gasteiger partial charge in [-0.3, -0.25) is 9.59 Å². The van der Waals surface area contributed by atoms with Crippen LogP contribution >= 0.6 is 0 Å². The SMILES string of the molecule is CC(C)(C)CCC1(OS(=O)(=O)ON2C(=O)N3C[C@H]2CC[C@H]3C(N)=O)C2CC3CC(C2)CC1(C(=O)O)C3. The first-order chi connectivity index (χ1) is 16.7. The molecule has 3 N–H and O–H groups in total. The topological polar surface area (TPSA) is 157 Å². The van der Waals surface area contributed by atoms with E-state index in [9.17, 15) is 27.9 Å². The summed E-state index contributed by atoms with van der Waals surface area (Å²) < 4.78 is 38.2. The normalized spacial score (nSPS) is 39.6. The van der Waals surface area contributed by atoms with E-state index >= 15 is 0 Å². The Kier molecular flexibility index (Phi) is 5.92. The van der Waals surface area contributed by atoms with Gasteiger partial charge in [-0.1, -0.05) is 20.8 Å². The van der Waals surface area contributed by atoms with Gasteiger partial charge < -0.3 is 15.7 Å². The van der Waals surface area contributed by atoms with Crippen molar-refractivity contribution in [3.8, 4) is 0 Å². The van der Waals surface area contributed by atoms with Gasteiger partial charge in [0, 0.05) is 6.54 Å². The second-order valence-electron chi connectivity index (χ2n) is 12.9. The van der Waals surface area contributed by atoms with Gasteiger partial charge in [0.2, 0.25) is 5.91 Å². The van der Waals surface area contributed by atoms with Crippen molar-refractivity contribution in [2.24, 2.45) is 34.3 Å². The van der Waals surface area contributed by atoms with Crippen LogP contribution in [0.1, 0.15) is 78.6 Å². The summed E-state index contributed by atoms with van der Waals surface area (Å²) in [6.45, 7) is 6.22. The molecule has 36 heavy (non-hydrogen) atoms. The number of aliphatic carboxylic acids is 1. The van der Waals surface area contributed by atoms with E-state index in [4.69, 9.17) is 14.2 Å². The van der Waals surface area contributed by atoms with Gasteiger partial charge in [-0.15, -0.1) is 4.28 Å². The van der Waals surface area contributed by atoms with Crippen molar-refractivity contribution in [2.75, 3.05) is 6.54 Å². The predicted octanol–water partition coefficient (Wildman–Crippen LogP) is 2.41. The van der Waals surface area contributed by atoms with E-state index in [0.29, 0.717) is 32.1 Å². The van der Waals surface area contributed by atoms with E-state index in [1.165, 1.54) is 4.90 Å². The molecular formula is C24H37N3O8S. The third-order valence-corrected chi connectivity index (χ3v) is 10.2. The molecule has 2 saturated heterocycles. The van der Waals surface area contributed by atoms with Crippen LogP contribution in [0.25, 0.3) is 0 Å². The Morgan fingerprint density at radius 2 is 1.78 bits per heavy atom. The molecule has 2 aliphatic heterocycles. The van der Waals surface area contributed by atoms with Crippen molar-refractivity contribution in [3.05, 3.63) is 0 Å². The van der Waals surface area contributed by atoms with Crippen LogP contribution in [0, 0.1) is 28.6 Å². The number of carbonyl (C=O) groups excluding carboxylic acids is 2. The number of hydroxylamine groups is 2. The molecule has 3 amide bonds. The van der Waals surface area contributed by atoms with Crippen LogP contribution in [-0.2, 0) is 28.5 Å². The molecule has 0 spiro atoms. The maximum atomic E-state index is 13.5. The van der Waals surface area contributed by atoms with Gasteiger partial charge in [-0.05, 0) is 81.0 Å². The van der Waals surface area contributed by atoms with Crippen molar-refractivity contribution in [2.45, 2.75) is 96.2 Å². The highest BCUT2D eigenvalue weighted by atomic mass is 32.3. The molecule has 6 aliphatic rings. The lowest BCUT2D eigenvalue weighted by molar-refractivity contribution is -0.232. The van der Waals surface area contributed by atoms with Crippen molar-refractivity contribution in [3.63, 3.8) is 0 Å². The van der Waals surface area contributed by atoms with E-state index in [1.807, 2.05) is 20.8 Å². The summed E-state index contributed by atoms with van der Waals surface area (Å²) in [5.74, 6) is -1.41. The third kappa shape index (κ3) is 3.99. The smallest absolute Gasteiger partial charge is 0.421 e. The number of hydrogen-bond acceptors (Lipinski definition) is 7. The molecular weight excluding hydrogens is 490 g/mol. The summed E-state index contributed by atoms with van der Waals surface area (Å²) in [5, 5.41) is 11.3. The molecule has 6 rings (SSSR count). The highest BCUT2D eigenvalue weighted by Crippen LogP contribution is 2.68. The molecule has 202 valence electrons. The third-order valence-electron chi connectivity index (χ3n) is 9.38. The van der Waals surface area contributed by atoms with Crippen LogP contribution in [0.5, 0.6) is 0 Å². The minimum Gasteiger partial charge on any atom is -0.481 e. The standard InChI is InChI=1S/C24H37N3O8S/c1-22(2,3)6-7-24(16-9-14-8-15(10-16)12-23(24,11-14)20(29)30)34-36(32,33)35-27-17-4-5-18(19(25)28)26(13-17)21(27)31/h14-18H,4-13H2,1-3H3,(H2,25,28)(H,29,30)/t14?,15?,16?,17-,18+,23?,24?/m1/s1. The maximum absolute atomic E-state index is 13.5. The molecule has 3 unspecified atom stereocenters. The lowest BCUT2D eigenvalue weighted by atomic mass is 9.42. The van der Waals surface area contributed by atoms with Gasteiger partial charge in [-0.2, -0.15) is 13.5 Å². The summed E-state index contributed by atoms with van der Waals surface area (Å²) in [6, 6.07) is -2.14. The Labute approximate surface area is 211 Å². The van der Waals surface area contributed by atoms with Gasteiger partial charge in [0.05, 0.1) is 11.5 Å². The fourth-order valence-corrected chi connectivity index (χ4v) is 9.11. The van der Waals surface area contributed by atoms with E-state index in [2.05, 4.69) is 0 Å². The second-order valence-corrected chi connectivity index (χ2v) is 14.0. The summed E-state index contributed by atoms with van der Waals surface area (Å²) in [4.78, 5) is 38.8. The molecule has 5 atom stereocenters. The quantitative estimate of drug-likeness (QED) is 0.487. The molecule has 0 aromatic carbocycles. The number of fused-ring (bicyclic) bond motifs is 2. The van der Waals surface area contributed by atoms with Gasteiger partial charge in [0.25, 0.3) is 0 Å². The average Bonchev–Trinajstić information content (AvgIpc) is 2.98. The van der Waals surface area contributed by atoms with Crippen LogP contribution in [-0.4, -0.2) is 65.6 Å². The molecule has 0 aromatic heterocycles. The van der Waals surface area contributed by atoms with Gasteiger partial charge in [-0.25, -0.2) is 8.98 Å². The lowest BCUT2D eigenvalue weighted by Crippen LogP contribution is -2.69. The number of amides is 3. The van der Waals surface area contributed by atoms with Crippen molar-refractivity contribution < 1.29 is 36.4 Å². The molecule has 11 nitrogen and oxygen atoms in total. The van der Waals surface area contributed by atoms with Gasteiger partial charge in [0.15, 0.2) is 0 Å². The minimum atomic E-state index is -4.82. The minimum absolute atomic E-state index is 0.127. The predicted molar refractivity (Wildman–Crippen MR) is 126 cm³/mol. The second kappa shape index (κ2) is 8.29. The number of nitrogens with zero attached hydrogens (tertiary/aromatic N) is 2. The summed E-state index contributed by atoms with van der Waals surface area (Å²) in [5.41, 5.74) is 2.47. The molecule has 4 aliphatic carbocycles. The van der Waals surface area contributed by atoms with Crippen LogP contribution in [0.2, 0.25) is 0 Å². The monoisotopic (exact) mass is 527 g/mol. The van der Waals surface area contributed by atoms with E-state index in [0.717, 1.165) is 24.3 Å². The number of carboxylic acid groups (broad SMARTS) is 1. The highest BCUT2D eigenvalue weighted by Gasteiger charge is 2.71. The van der Waals surface area contributed by atoms with Crippen LogP contribution in [0.3, 0.4) is 0 Å². The van der Waals surface area contributed by atoms with Crippen LogP contribution in [0.4, 0.5) is 4.79 Å². The van der Waals surface area contributed by atoms with Crippen LogP contribution in [0.15, 0.2) is 0 Å². The number of carboxylic acids is 1. The Morgan fingerprint density at radius 1 is 1.14 bits per heavy atom. The molecule has 0 aromatic rings. The fraction of sp³-hybridized carbons (Fsp3) is 0.875. The zero-order chi connectivity index (χ0) is 26.3. The number of piperidine rings is 1. The number of rotatable bonds is 8. The first kappa shape index (κ1) is 25.7. The highest BCUT2D eigenvalue weighted by molar-refractivity contribution is 7.81. The lowest BCUT2D eigenvalue weighted by Gasteiger charge is -2.64. The van der Waals surface area contributed by atoms with E-state index < -0.39 is 51.4 Å². The number of nitrogens with two attached hydrogens (primary N) is 1. The average molecular weight is 528 g/mol. The Hall–Kier alpha value is -1.92. The van der Waals surface area contributed by atoms with Gasteiger partial charge >= 0.3 is 22.4 Å². The maximum Gasteiger partial charge on any atom is 0.421 e. The zero-order valence-corrected chi connectivity index (χ0v) is 22.0. The van der Waals surface area contributed by atoms with Crippen molar-refractivity contribution >= 4 is 28.3 Å². The molecule has 6 bridgehead atoms. The Morgan fingerprint density at radius 3 is 2.33 bits per heavy atom. The van der Waals surface area contributed by atoms with Crippen molar-refractivity contribution in [1.29, 1.82) is 0 Å². The van der Waals surface area contributed by atoms with E-state index in [1.54, 1.807) is 0 Å². The van der Waals surface area contributed by atoms with E-state index in [-0.39, 0.29) is 36.1 Å². The first-order valence-electron chi connectivity index (χ1n) is 12.9. The first-order valence-corrected chi connectivity index (χ1v) is 14.3. The number of hydrogen-bond donors (Lipinski definition) is 2. The Balaban J connectivity index is 1.46. The number of primary amides is 1. The summed E-state index contributed by atoms with van der Waals surface area (Å²) in [6.07, 6.45) is 4.70. The number of urea groups is 1. The molecule has 2 heterocycles. The molecule has 6 fully saturated rings. The Bertz CT molecular complexity index is 1060. The largest absolute Gasteiger partial charge is 0.481 e. The molecule has 12 heteroatoms. The molecule has 4 saturated carbocycles. The van der Waals surface area contributed by atoms with Gasteiger partial charge in [0.1, 0.15) is 11.6 Å². The fourth-order valence-electron chi connectivity index (χ4n) is 7.95. The number of carbonyl (C=O) groups is 3. The van der Waals surface area contributed by atoms with Crippen molar-refractivity contribution in [1.82, 2.24) is 9.96 Å². The summed E-state index contributed by atoms with van der Waals surface area (Å²) in [7, 11) is -4.82. The summed E-state index contributed by atoms with van der Waals surface area (Å²) >= 11 is 0. The molecule has 0 radical (unpaired) electrons.